The molecule has 0 radical (unpaired) electrons. The number of nitrogens with zero attached hydrogens (tertiary/aromatic N) is 2. The molecule has 1 N–H and O–H groups in total. The summed E-state index contributed by atoms with van der Waals surface area (Å²) in [5.41, 5.74) is 3.90. The van der Waals surface area contributed by atoms with Crippen molar-refractivity contribution in [3.8, 4) is 5.75 Å². The Balaban J connectivity index is 1.50. The molecule has 2 aromatic carbocycles. The van der Waals surface area contributed by atoms with Crippen molar-refractivity contribution in [3.05, 3.63) is 89.5 Å². The highest BCUT2D eigenvalue weighted by molar-refractivity contribution is 5.97. The Hall–Kier alpha value is -4.00. The summed E-state index contributed by atoms with van der Waals surface area (Å²) >= 11 is 0. The van der Waals surface area contributed by atoms with Gasteiger partial charge in [-0.2, -0.15) is 0 Å². The van der Waals surface area contributed by atoms with Crippen LogP contribution in [0.25, 0.3) is 10.9 Å². The van der Waals surface area contributed by atoms with Crippen LogP contribution in [0.2, 0.25) is 0 Å². The summed E-state index contributed by atoms with van der Waals surface area (Å²) in [6, 6.07) is 18.5. The maximum Gasteiger partial charge on any atom is 0.246 e. The van der Waals surface area contributed by atoms with E-state index in [2.05, 4.69) is 11.1 Å². The number of furan rings is 1. The van der Waals surface area contributed by atoms with Crippen LogP contribution in [0.4, 0.5) is 0 Å². The van der Waals surface area contributed by atoms with Gasteiger partial charge in [-0.3, -0.25) is 9.59 Å². The van der Waals surface area contributed by atoms with E-state index < -0.39 is 12.1 Å². The van der Waals surface area contributed by atoms with Gasteiger partial charge in [0.1, 0.15) is 30.1 Å². The summed E-state index contributed by atoms with van der Waals surface area (Å²) in [7, 11) is 0. The number of carbonyl (C=O) groups is 2. The number of rotatable bonds is 5. The molecule has 7 nitrogen and oxygen atoms in total. The fraction of sp³-hybridized carbons (Fsp3) is 0.259. The van der Waals surface area contributed by atoms with Crippen LogP contribution < -0.4 is 4.74 Å². The van der Waals surface area contributed by atoms with Gasteiger partial charge >= 0.3 is 0 Å². The minimum Gasteiger partial charge on any atom is -0.494 e. The molecule has 2 aromatic heterocycles. The number of benzene rings is 2. The van der Waals surface area contributed by atoms with Gasteiger partial charge in [-0.1, -0.05) is 36.4 Å². The second kappa shape index (κ2) is 8.09. The Kier molecular flexibility index (Phi) is 4.90. The van der Waals surface area contributed by atoms with Crippen LogP contribution in [-0.2, 0) is 22.6 Å². The largest absolute Gasteiger partial charge is 0.494 e. The molecule has 2 atom stereocenters. The number of aromatic amines is 1. The number of piperazine rings is 1. The zero-order valence-corrected chi connectivity index (χ0v) is 18.9. The standard InChI is InChI=1S/C27H25N3O4/c1-2-33-23-12-6-4-10-19(23)26-25-20(18-9-3-5-11-21(18)28-25)14-22-27(32)29(16-24(31)30(22)26)15-17-8-7-13-34-17/h3-13,22,26,28H,2,14-16H2,1H3/t22-,26+/m0/s1. The summed E-state index contributed by atoms with van der Waals surface area (Å²) in [5, 5.41) is 1.08. The summed E-state index contributed by atoms with van der Waals surface area (Å²) in [4.78, 5) is 34.3. The lowest BCUT2D eigenvalue weighted by Crippen LogP contribution is -2.62. The van der Waals surface area contributed by atoms with E-state index in [1.807, 2.05) is 55.5 Å². The van der Waals surface area contributed by atoms with Gasteiger partial charge in [-0.25, -0.2) is 0 Å². The highest BCUT2D eigenvalue weighted by atomic mass is 16.5. The lowest BCUT2D eigenvalue weighted by Gasteiger charge is -2.47. The van der Waals surface area contributed by atoms with Crippen LogP contribution in [-0.4, -0.2) is 45.8 Å². The molecule has 2 amide bonds. The first kappa shape index (κ1) is 20.6. The van der Waals surface area contributed by atoms with Gasteiger partial charge in [0.2, 0.25) is 11.8 Å². The highest BCUT2D eigenvalue weighted by Gasteiger charge is 2.48. The zero-order chi connectivity index (χ0) is 23.2. The summed E-state index contributed by atoms with van der Waals surface area (Å²) in [6.07, 6.45) is 2.04. The molecule has 1 saturated heterocycles. The monoisotopic (exact) mass is 455 g/mol. The van der Waals surface area contributed by atoms with Gasteiger partial charge in [-0.15, -0.1) is 0 Å². The number of carbonyl (C=O) groups excluding carboxylic acids is 2. The highest BCUT2D eigenvalue weighted by Crippen LogP contribution is 2.45. The summed E-state index contributed by atoms with van der Waals surface area (Å²) in [5.74, 6) is 1.23. The summed E-state index contributed by atoms with van der Waals surface area (Å²) < 4.78 is 11.4. The maximum absolute atomic E-state index is 13.7. The maximum atomic E-state index is 13.7. The summed E-state index contributed by atoms with van der Waals surface area (Å²) in [6.45, 7) is 2.75. The van der Waals surface area contributed by atoms with E-state index in [4.69, 9.17) is 9.15 Å². The fourth-order valence-corrected chi connectivity index (χ4v) is 5.37. The van der Waals surface area contributed by atoms with Crippen molar-refractivity contribution in [2.75, 3.05) is 13.2 Å². The van der Waals surface area contributed by atoms with Crippen LogP contribution in [0.1, 0.15) is 35.5 Å². The molecule has 34 heavy (non-hydrogen) atoms. The van der Waals surface area contributed by atoms with Crippen molar-refractivity contribution in [2.45, 2.75) is 32.0 Å². The second-order valence-corrected chi connectivity index (χ2v) is 8.73. The molecular weight excluding hydrogens is 430 g/mol. The molecular formula is C27H25N3O4. The van der Waals surface area contributed by atoms with E-state index in [1.54, 1.807) is 22.1 Å². The SMILES string of the molecule is CCOc1ccccc1[C@@H]1c2[nH]c3ccccc3c2C[C@H]2C(=O)N(Cc3ccco3)CC(=O)N12. The van der Waals surface area contributed by atoms with Gasteiger partial charge in [0.05, 0.1) is 19.4 Å². The molecule has 0 unspecified atom stereocenters. The van der Waals surface area contributed by atoms with Crippen LogP contribution in [0.3, 0.4) is 0 Å². The zero-order valence-electron chi connectivity index (χ0n) is 18.9. The molecule has 4 heterocycles. The predicted octanol–water partition coefficient (Wildman–Crippen LogP) is 4.04. The van der Waals surface area contributed by atoms with E-state index in [0.29, 0.717) is 18.8 Å². The number of para-hydroxylation sites is 2. The first-order valence-electron chi connectivity index (χ1n) is 11.6. The number of fused-ring (bicyclic) bond motifs is 4. The Morgan fingerprint density at radius 1 is 1.06 bits per heavy atom. The van der Waals surface area contributed by atoms with Crippen LogP contribution in [0.15, 0.2) is 71.3 Å². The Labute approximate surface area is 196 Å². The molecule has 6 rings (SSSR count). The van der Waals surface area contributed by atoms with Crippen LogP contribution in [0, 0.1) is 0 Å². The predicted molar refractivity (Wildman–Crippen MR) is 126 cm³/mol. The van der Waals surface area contributed by atoms with Gasteiger partial charge < -0.3 is 23.9 Å². The third kappa shape index (κ3) is 3.19. The Morgan fingerprint density at radius 2 is 1.88 bits per heavy atom. The van der Waals surface area contributed by atoms with E-state index in [0.717, 1.165) is 33.5 Å². The third-order valence-corrected chi connectivity index (χ3v) is 6.78. The first-order valence-corrected chi connectivity index (χ1v) is 11.6. The number of nitrogens with one attached hydrogen (secondary N) is 1. The lowest BCUT2D eigenvalue weighted by molar-refractivity contribution is -0.159. The number of hydrogen-bond acceptors (Lipinski definition) is 4. The Morgan fingerprint density at radius 3 is 2.71 bits per heavy atom. The molecule has 7 heteroatoms. The van der Waals surface area contributed by atoms with E-state index in [-0.39, 0.29) is 24.9 Å². The number of hydrogen-bond donors (Lipinski definition) is 1. The van der Waals surface area contributed by atoms with Crippen molar-refractivity contribution < 1.29 is 18.7 Å². The van der Waals surface area contributed by atoms with Crippen molar-refractivity contribution >= 4 is 22.7 Å². The third-order valence-electron chi connectivity index (χ3n) is 6.78. The van der Waals surface area contributed by atoms with Crippen LogP contribution >= 0.6 is 0 Å². The van der Waals surface area contributed by atoms with Gasteiger partial charge in [0.15, 0.2) is 0 Å². The smallest absolute Gasteiger partial charge is 0.246 e. The number of ether oxygens (including phenoxy) is 1. The van der Waals surface area contributed by atoms with Crippen molar-refractivity contribution in [1.82, 2.24) is 14.8 Å². The van der Waals surface area contributed by atoms with Crippen molar-refractivity contribution in [1.29, 1.82) is 0 Å². The van der Waals surface area contributed by atoms with Crippen LogP contribution in [0.5, 0.6) is 5.75 Å². The second-order valence-electron chi connectivity index (χ2n) is 8.73. The van der Waals surface area contributed by atoms with E-state index in [9.17, 15) is 9.59 Å². The Bertz CT molecular complexity index is 1370. The quantitative estimate of drug-likeness (QED) is 0.493. The average Bonchev–Trinajstić information content (AvgIpc) is 3.49. The molecule has 2 aliphatic heterocycles. The normalized spacial score (nSPS) is 19.9. The first-order chi connectivity index (χ1) is 16.7. The molecule has 1 fully saturated rings. The molecule has 0 saturated carbocycles. The van der Waals surface area contributed by atoms with E-state index >= 15 is 0 Å². The van der Waals surface area contributed by atoms with Gasteiger partial charge in [-0.05, 0) is 36.8 Å². The topological polar surface area (TPSA) is 78.8 Å². The lowest BCUT2D eigenvalue weighted by atomic mass is 9.86. The fourth-order valence-electron chi connectivity index (χ4n) is 5.37. The van der Waals surface area contributed by atoms with Crippen molar-refractivity contribution in [2.24, 2.45) is 0 Å². The molecule has 0 aliphatic carbocycles. The molecule has 2 aliphatic rings. The number of amides is 2. The minimum absolute atomic E-state index is 0.0128. The molecule has 172 valence electrons. The molecule has 4 aromatic rings. The number of aromatic nitrogens is 1. The average molecular weight is 456 g/mol. The van der Waals surface area contributed by atoms with Gasteiger partial charge in [0.25, 0.3) is 0 Å². The van der Waals surface area contributed by atoms with Crippen molar-refractivity contribution in [3.63, 3.8) is 0 Å². The van der Waals surface area contributed by atoms with E-state index in [1.165, 1.54) is 0 Å². The van der Waals surface area contributed by atoms with Gasteiger partial charge in [0, 0.05) is 28.6 Å². The molecule has 0 spiro atoms. The molecule has 0 bridgehead atoms. The number of H-pyrrole nitrogens is 1. The minimum atomic E-state index is -0.595.